The van der Waals surface area contributed by atoms with Gasteiger partial charge in [-0.2, -0.15) is 12.2 Å². The zero-order valence-corrected chi connectivity index (χ0v) is 43.1. The van der Waals surface area contributed by atoms with Crippen LogP contribution in [0.1, 0.15) is 80.4 Å². The van der Waals surface area contributed by atoms with Crippen molar-refractivity contribution in [1.29, 1.82) is 0 Å². The summed E-state index contributed by atoms with van der Waals surface area (Å²) in [5.74, 6) is 5.03. The number of carbonyl (C=O) groups excluding carboxylic acids is 3. The fraction of sp³-hybridized carbons (Fsp3) is 0.136. The third-order valence-electron chi connectivity index (χ3n) is 9.95. The van der Waals surface area contributed by atoms with E-state index in [4.69, 9.17) is 20.8 Å². The maximum atomic E-state index is 11.7. The van der Waals surface area contributed by atoms with Gasteiger partial charge in [-0.15, -0.1) is 0 Å². The Morgan fingerprint density at radius 3 is 1.50 bits per heavy atom. The molecule has 5 aromatic carbocycles. The van der Waals surface area contributed by atoms with Crippen LogP contribution in [0.15, 0.2) is 236 Å². The van der Waals surface area contributed by atoms with E-state index < -0.39 is 0 Å². The summed E-state index contributed by atoms with van der Waals surface area (Å²) >= 11 is 0. The molecule has 5 heterocycles. The number of hydrogen-bond donors (Lipinski definition) is 2. The number of nitrogen functional groups attached to an aromatic ring is 1. The summed E-state index contributed by atoms with van der Waals surface area (Å²) in [7, 11) is 0.750. The summed E-state index contributed by atoms with van der Waals surface area (Å²) in [4.78, 5) is 44.5. The van der Waals surface area contributed by atoms with Crippen molar-refractivity contribution in [2.75, 3.05) is 30.8 Å². The average molecular weight is 970 g/mol. The first kappa shape index (κ1) is 58.8. The smallest absolute Gasteiger partial charge is 0.857 e. The van der Waals surface area contributed by atoms with Gasteiger partial charge < -0.3 is 15.3 Å². The monoisotopic (exact) mass is 969 g/mol. The van der Waals surface area contributed by atoms with Crippen LogP contribution in [-0.4, -0.2) is 58.8 Å². The van der Waals surface area contributed by atoms with Crippen LogP contribution in [0.25, 0.3) is 6.08 Å². The van der Waals surface area contributed by atoms with Crippen LogP contribution in [-0.2, 0) is 4.74 Å². The number of benzene rings is 5. The second-order valence-corrected chi connectivity index (χ2v) is 15.0. The summed E-state index contributed by atoms with van der Waals surface area (Å²) < 4.78 is 4.94. The number of ether oxygens (including phenoxy) is 1. The van der Waals surface area contributed by atoms with Crippen LogP contribution >= 0.6 is 0 Å². The molecule has 72 heavy (non-hydrogen) atoms. The van der Waals surface area contributed by atoms with Crippen LogP contribution < -0.4 is 50.9 Å². The molecule has 1 unspecified atom stereocenters. The minimum Gasteiger partial charge on any atom is -0.857 e. The number of ketones is 2. The molecule has 8 aromatic rings. The van der Waals surface area contributed by atoms with Gasteiger partial charge in [0.05, 0.1) is 23.1 Å². The molecule has 0 amide bonds. The Balaban J connectivity index is 0.000000243. The summed E-state index contributed by atoms with van der Waals surface area (Å²) in [6, 6.07) is 66.0. The third kappa shape index (κ3) is 22.5. The van der Waals surface area contributed by atoms with Gasteiger partial charge in [-0.1, -0.05) is 152 Å². The summed E-state index contributed by atoms with van der Waals surface area (Å²) in [5.41, 5.74) is 10.5. The topological polar surface area (TPSA) is 176 Å². The van der Waals surface area contributed by atoms with Crippen LogP contribution in [0.3, 0.4) is 0 Å². The van der Waals surface area contributed by atoms with Gasteiger partial charge in [-0.05, 0) is 90.7 Å². The second kappa shape index (κ2) is 36.4. The number of nitrogens with two attached hydrogens (primary N) is 1. The Bertz CT molecular complexity index is 2700. The number of nitrogens with one attached hydrogen (secondary N) is 1. The quantitative estimate of drug-likeness (QED) is 0.0359. The number of pyridine rings is 3. The van der Waals surface area contributed by atoms with Crippen molar-refractivity contribution < 1.29 is 53.8 Å². The van der Waals surface area contributed by atoms with Crippen molar-refractivity contribution in [3.63, 3.8) is 0 Å². The number of hydrazone groups is 1. The van der Waals surface area contributed by atoms with E-state index in [0.717, 1.165) is 66.9 Å². The molecule has 10 rings (SSSR count). The number of nitrogens with zero attached hydrogens (tertiary/aromatic N) is 5. The Kier molecular flexibility index (Phi) is 29.7. The molecule has 2 aliphatic heterocycles. The molecule has 1 fully saturated rings. The predicted octanol–water partition coefficient (Wildman–Crippen LogP) is 7.95. The predicted molar refractivity (Wildman–Crippen MR) is 284 cm³/mol. The summed E-state index contributed by atoms with van der Waals surface area (Å²) in [6.45, 7) is 3.50. The normalized spacial score (nSPS) is 12.6. The minimum atomic E-state index is -0.0792. The molecule has 1 saturated heterocycles. The average Bonchev–Trinajstić information content (AvgIpc) is 4.21. The van der Waals surface area contributed by atoms with Gasteiger partial charge in [-0.25, -0.2) is 0 Å². The molecular formula is C59H60N7NaO5. The number of allylic oxidation sites excluding steroid dienone is 1. The van der Waals surface area contributed by atoms with Crippen molar-refractivity contribution in [2.45, 2.75) is 32.2 Å². The van der Waals surface area contributed by atoms with Gasteiger partial charge in [-0.3, -0.25) is 40.2 Å². The number of Topliss-reactive ketones (excluding diaryl/α,β-unsaturated/α-hetero) is 1. The van der Waals surface area contributed by atoms with Crippen LogP contribution in [0.5, 0.6) is 0 Å². The van der Waals surface area contributed by atoms with Crippen molar-refractivity contribution in [3.05, 3.63) is 265 Å². The van der Waals surface area contributed by atoms with E-state index in [0.29, 0.717) is 11.4 Å². The number of aldehydes is 1. The number of anilines is 2. The second-order valence-electron chi connectivity index (χ2n) is 15.0. The van der Waals surface area contributed by atoms with E-state index in [9.17, 15) is 14.4 Å². The van der Waals surface area contributed by atoms with Crippen molar-refractivity contribution in [1.82, 2.24) is 15.0 Å². The van der Waals surface area contributed by atoms with Gasteiger partial charge in [0.2, 0.25) is 5.78 Å². The fourth-order valence-electron chi connectivity index (χ4n) is 6.43. The zero-order chi connectivity index (χ0) is 50.6. The first-order valence-electron chi connectivity index (χ1n) is 22.9. The molecule has 12 nitrogen and oxygen atoms in total. The van der Waals surface area contributed by atoms with Crippen LogP contribution in [0, 0.1) is 0 Å². The number of para-hydroxylation sites is 2. The molecule has 3 aromatic heterocycles. The van der Waals surface area contributed by atoms with E-state index in [2.05, 4.69) is 61.8 Å². The molecule has 13 heteroatoms. The maximum Gasteiger partial charge on any atom is 1.00 e. The largest absolute Gasteiger partial charge is 1.00 e. The van der Waals surface area contributed by atoms with E-state index in [1.807, 2.05) is 128 Å². The molecule has 1 atom stereocenters. The van der Waals surface area contributed by atoms with Crippen molar-refractivity contribution in [2.24, 2.45) is 10.9 Å². The fourth-order valence-corrected chi connectivity index (χ4v) is 6.43. The molecule has 0 saturated carbocycles. The third-order valence-corrected chi connectivity index (χ3v) is 9.95. The summed E-state index contributed by atoms with van der Waals surface area (Å²) in [6.07, 6.45) is 12.6. The number of rotatable bonds is 9. The van der Waals surface area contributed by atoms with Gasteiger partial charge in [0, 0.05) is 56.4 Å². The maximum absolute atomic E-state index is 11.7. The van der Waals surface area contributed by atoms with E-state index >= 15 is 0 Å². The number of hydrazine groups is 1. The molecule has 0 bridgehead atoms. The Morgan fingerprint density at radius 1 is 0.611 bits per heavy atom. The Hall–Kier alpha value is -7.55. The van der Waals surface area contributed by atoms with Crippen LogP contribution in [0.2, 0.25) is 0 Å². The number of aromatic nitrogens is 3. The van der Waals surface area contributed by atoms with Crippen molar-refractivity contribution >= 4 is 41.0 Å². The molecule has 362 valence electrons. The molecule has 3 N–H and O–H groups in total. The SMILES string of the molecule is C1CCOC1.CC(=O)c1ccccn1.C[O-].NNc1ccccc1.O=C(/C=C/c1ccccc1)c1ccccn1.O=Cc1ccccc1.[Na+].c1ccc(C2CC(c3ccccn3)=NN2c2ccccc2)cc1. The van der Waals surface area contributed by atoms with E-state index in [-0.39, 0.29) is 47.2 Å². The molecule has 0 aliphatic carbocycles. The van der Waals surface area contributed by atoms with E-state index in [1.165, 1.54) is 31.4 Å². The Labute approximate surface area is 445 Å². The van der Waals surface area contributed by atoms with Gasteiger partial charge >= 0.3 is 29.6 Å². The standard InChI is InChI=1S/C20H17N3.C14H11NO.C7H7NO.C7H6O.C6H8N2.C4H8O.CH3O.Na/c1-3-9-16(10-4-1)20-15-19(18-13-7-8-14-21-18)22-23(20)17-11-5-2-6-12-17;16-14(13-8-4-5-11-15-13)10-9-12-6-2-1-3-7-12;1-6(9)7-4-2-3-5-8-7;8-6-7-4-2-1-3-5-7;7-8-6-4-2-1-3-5-6;1-2-4-5-3-1;1-2;/h1-14,20H,15H2;1-11H;2-5H,1H3;1-6H;1-5,8H,7H2;1-4H2;1H3;/q;;;;;;-1;+1/b;10-9+;;;;;;. The first-order valence-corrected chi connectivity index (χ1v) is 22.9. The molecule has 2 aliphatic rings. The molecule has 0 spiro atoms. The minimum absolute atomic E-state index is 0. The van der Waals surface area contributed by atoms with Gasteiger partial charge in [0.25, 0.3) is 0 Å². The van der Waals surface area contributed by atoms with E-state index in [1.54, 1.807) is 67.0 Å². The van der Waals surface area contributed by atoms with Gasteiger partial charge in [0.15, 0.2) is 5.78 Å². The van der Waals surface area contributed by atoms with Crippen LogP contribution in [0.4, 0.5) is 11.4 Å². The van der Waals surface area contributed by atoms with Crippen molar-refractivity contribution in [3.8, 4) is 0 Å². The number of carbonyl (C=O) groups is 3. The first-order chi connectivity index (χ1) is 34.9. The number of hydrogen-bond acceptors (Lipinski definition) is 12. The zero-order valence-electron chi connectivity index (χ0n) is 41.1. The summed E-state index contributed by atoms with van der Waals surface area (Å²) in [5, 5.41) is 15.2. The Morgan fingerprint density at radius 2 is 1.08 bits per heavy atom. The van der Waals surface area contributed by atoms with Gasteiger partial charge in [0.1, 0.15) is 17.7 Å². The molecular weight excluding hydrogens is 910 g/mol. The molecule has 0 radical (unpaired) electrons.